The third kappa shape index (κ3) is 5.50. The maximum Gasteiger partial charge on any atom is 1.00 e. The van der Waals surface area contributed by atoms with Crippen molar-refractivity contribution >= 4 is 29.4 Å². The van der Waals surface area contributed by atoms with E-state index in [-0.39, 0.29) is 46.8 Å². The normalized spacial score (nSPS) is 11.8. The molecule has 0 aliphatic carbocycles. The summed E-state index contributed by atoms with van der Waals surface area (Å²) >= 11 is 6.15. The van der Waals surface area contributed by atoms with Gasteiger partial charge < -0.3 is 16.0 Å². The maximum atomic E-state index is 14.1. The van der Waals surface area contributed by atoms with E-state index < -0.39 is 23.6 Å². The van der Waals surface area contributed by atoms with Gasteiger partial charge in [0, 0.05) is 11.3 Å². The molecule has 0 amide bonds. The summed E-state index contributed by atoms with van der Waals surface area (Å²) in [5, 5.41) is 0.0921. The molecule has 1 aromatic heterocycles. The molecule has 30 heavy (non-hydrogen) atoms. The van der Waals surface area contributed by atoms with E-state index in [4.69, 9.17) is 26.1 Å². The minimum Gasteiger partial charge on any atom is -1.00 e. The Morgan fingerprint density at radius 2 is 1.87 bits per heavy atom. The largest absolute Gasteiger partial charge is 1.00 e. The molecule has 0 radical (unpaired) electrons. The summed E-state index contributed by atoms with van der Waals surface area (Å²) in [6, 6.07) is 9.32. The first-order chi connectivity index (χ1) is 13.5. The number of sulfonamides is 1. The van der Waals surface area contributed by atoms with E-state index in [1.807, 2.05) is 0 Å². The van der Waals surface area contributed by atoms with Crippen LogP contribution in [-0.4, -0.2) is 34.9 Å². The van der Waals surface area contributed by atoms with Gasteiger partial charge in [-0.05, 0) is 42.5 Å². The van der Waals surface area contributed by atoms with Crippen LogP contribution in [0.5, 0.6) is 5.75 Å². The number of nitrogens with one attached hydrogen (secondary N) is 1. The molecule has 0 saturated carbocycles. The quantitative estimate of drug-likeness (QED) is 0.326. The monoisotopic (exact) mass is 485 g/mol. The third-order valence-corrected chi connectivity index (χ3v) is 6.89. The summed E-state index contributed by atoms with van der Waals surface area (Å²) in [6.45, 7) is 0. The summed E-state index contributed by atoms with van der Waals surface area (Å²) in [7, 11) is -8.07. The molecule has 0 fully saturated rings. The molecule has 0 unspecified atom stereocenters. The molecule has 0 saturated heterocycles. The van der Waals surface area contributed by atoms with Gasteiger partial charge in [0.05, 0.1) is 17.7 Å². The average Bonchev–Trinajstić information content (AvgIpc) is 3.01. The zero-order valence-electron chi connectivity index (χ0n) is 16.7. The van der Waals surface area contributed by atoms with E-state index in [9.17, 15) is 17.4 Å². The Hall–Kier alpha value is -1.27. The van der Waals surface area contributed by atoms with Crippen molar-refractivity contribution in [3.8, 4) is 22.7 Å². The van der Waals surface area contributed by atoms with E-state index in [1.165, 1.54) is 46.8 Å². The Kier molecular flexibility index (Phi) is 7.89. The number of imidazole rings is 1. The van der Waals surface area contributed by atoms with E-state index in [2.05, 4.69) is 4.98 Å². The van der Waals surface area contributed by atoms with Gasteiger partial charge in [-0.1, -0.05) is 11.6 Å². The summed E-state index contributed by atoms with van der Waals surface area (Å²) in [5.74, 6) is -0.540. The summed E-state index contributed by atoms with van der Waals surface area (Å²) in [5.41, 5.74) is 1.20. The number of halogens is 2. The van der Waals surface area contributed by atoms with Crippen LogP contribution >= 0.6 is 19.3 Å². The van der Waals surface area contributed by atoms with Crippen LogP contribution in [-0.2, 0) is 14.6 Å². The summed E-state index contributed by atoms with van der Waals surface area (Å²) < 4.78 is 56.7. The number of ether oxygens (including phenoxy) is 1. The SMILES string of the molecule is COc1ccc(-c2c(Cl)ncn2-c2ccc(S(=O)(=O)NP(=O)(O)O)cc2)cc1F.[H-].[Na+]. The van der Waals surface area contributed by atoms with Crippen molar-refractivity contribution in [2.75, 3.05) is 7.11 Å². The number of benzene rings is 2. The third-order valence-electron chi connectivity index (χ3n) is 3.81. The number of aromatic nitrogens is 2. The van der Waals surface area contributed by atoms with Crippen LogP contribution in [0.25, 0.3) is 16.9 Å². The number of nitrogens with zero attached hydrogens (tertiary/aromatic N) is 2. The van der Waals surface area contributed by atoms with Crippen molar-refractivity contribution in [1.29, 1.82) is 0 Å². The molecule has 0 aliphatic rings. The van der Waals surface area contributed by atoms with Gasteiger partial charge in [-0.15, -0.1) is 4.49 Å². The Morgan fingerprint density at radius 1 is 1.23 bits per heavy atom. The van der Waals surface area contributed by atoms with Gasteiger partial charge >= 0.3 is 37.3 Å². The topological polar surface area (TPSA) is 131 Å². The number of hydrogen-bond acceptors (Lipinski definition) is 5. The van der Waals surface area contributed by atoms with Gasteiger partial charge in [0.25, 0.3) is 0 Å². The molecule has 0 spiro atoms. The molecule has 3 N–H and O–H groups in total. The average molecular weight is 486 g/mol. The molecule has 156 valence electrons. The molecule has 3 aromatic rings. The van der Waals surface area contributed by atoms with Gasteiger partial charge in [0.2, 0.25) is 10.0 Å². The molecule has 3 rings (SSSR count). The van der Waals surface area contributed by atoms with Crippen LogP contribution in [0.1, 0.15) is 1.43 Å². The van der Waals surface area contributed by atoms with Gasteiger partial charge in [-0.3, -0.25) is 4.57 Å². The van der Waals surface area contributed by atoms with E-state index in [0.717, 1.165) is 12.1 Å². The van der Waals surface area contributed by atoms with Gasteiger partial charge in [0.1, 0.15) is 6.33 Å². The Labute approximate surface area is 199 Å². The van der Waals surface area contributed by atoms with Crippen LogP contribution in [0.3, 0.4) is 0 Å². The van der Waals surface area contributed by atoms with E-state index >= 15 is 0 Å². The number of hydrogen-bond donors (Lipinski definition) is 3. The van der Waals surface area contributed by atoms with Crippen LogP contribution in [0.4, 0.5) is 4.39 Å². The van der Waals surface area contributed by atoms with Crippen LogP contribution in [0.2, 0.25) is 5.15 Å². The van der Waals surface area contributed by atoms with Gasteiger partial charge in [0.15, 0.2) is 16.7 Å². The molecule has 1 heterocycles. The van der Waals surface area contributed by atoms with E-state index in [1.54, 1.807) is 6.07 Å². The standard InChI is InChI=1S/C16H14ClFN3O6PS.Na.H/c1-27-14-7-2-10(8-13(14)18)15-16(17)19-9-21(15)11-3-5-12(6-4-11)29(25,26)20-28(22,23)24;;/h2-9H,1H3,(H3,20,22,23,24);;/q;+1;-1. The van der Waals surface area contributed by atoms with Crippen molar-refractivity contribution in [3.63, 3.8) is 0 Å². The Bertz CT molecular complexity index is 1220. The first kappa shape index (κ1) is 25.0. The fourth-order valence-electron chi connectivity index (χ4n) is 2.59. The Morgan fingerprint density at radius 3 is 2.40 bits per heavy atom. The predicted molar refractivity (Wildman–Crippen MR) is 104 cm³/mol. The van der Waals surface area contributed by atoms with Gasteiger partial charge in [-0.2, -0.15) is 0 Å². The summed E-state index contributed by atoms with van der Waals surface area (Å²) in [4.78, 5) is 21.3. The first-order valence-corrected chi connectivity index (χ1v) is 11.3. The smallest absolute Gasteiger partial charge is 1.00 e. The van der Waals surface area contributed by atoms with Crippen LogP contribution < -0.4 is 38.8 Å². The molecular weight excluding hydrogens is 471 g/mol. The second kappa shape index (κ2) is 9.47. The van der Waals surface area contributed by atoms with Crippen molar-refractivity contribution in [2.24, 2.45) is 0 Å². The van der Waals surface area contributed by atoms with Crippen LogP contribution in [0, 0.1) is 5.82 Å². The minimum atomic E-state index is -5.00. The molecule has 0 bridgehead atoms. The zero-order valence-corrected chi connectivity index (χ0v) is 20.1. The number of rotatable bonds is 6. The predicted octanol–water partition coefficient (Wildman–Crippen LogP) is -0.172. The van der Waals surface area contributed by atoms with Crippen LogP contribution in [0.15, 0.2) is 53.7 Å². The second-order valence-corrected chi connectivity index (χ2v) is 9.39. The number of methoxy groups -OCH3 is 1. The van der Waals surface area contributed by atoms with Crippen molar-refractivity contribution in [3.05, 3.63) is 59.8 Å². The Balaban J connectivity index is 0.00000240. The van der Waals surface area contributed by atoms with Crippen molar-refractivity contribution < 1.29 is 62.9 Å². The van der Waals surface area contributed by atoms with Crippen molar-refractivity contribution in [2.45, 2.75) is 4.90 Å². The van der Waals surface area contributed by atoms with Gasteiger partial charge in [-0.25, -0.2) is 22.4 Å². The molecular formula is C16H15ClFN3NaO6PS. The fraction of sp³-hybridized carbons (Fsp3) is 0.0625. The molecule has 2 aromatic carbocycles. The zero-order chi connectivity index (χ0) is 21.4. The van der Waals surface area contributed by atoms with E-state index in [0.29, 0.717) is 16.9 Å². The summed E-state index contributed by atoms with van der Waals surface area (Å²) in [6.07, 6.45) is 1.37. The maximum absolute atomic E-state index is 14.1. The minimum absolute atomic E-state index is 0. The fourth-order valence-corrected chi connectivity index (χ4v) is 5.00. The second-order valence-electron chi connectivity index (χ2n) is 5.74. The first-order valence-electron chi connectivity index (χ1n) is 7.78. The molecule has 14 heteroatoms. The van der Waals surface area contributed by atoms with Crippen molar-refractivity contribution in [1.82, 2.24) is 14.0 Å². The molecule has 9 nitrogen and oxygen atoms in total. The molecule has 0 aliphatic heterocycles. The molecule has 0 atom stereocenters.